The predicted octanol–water partition coefficient (Wildman–Crippen LogP) is 3.29. The first-order valence-corrected chi connectivity index (χ1v) is 9.56. The molecule has 0 bridgehead atoms. The second kappa shape index (κ2) is 7.95. The van der Waals surface area contributed by atoms with Gasteiger partial charge in [-0.3, -0.25) is 4.79 Å². The summed E-state index contributed by atoms with van der Waals surface area (Å²) in [4.78, 5) is 16.9. The van der Waals surface area contributed by atoms with Gasteiger partial charge in [-0.1, -0.05) is 0 Å². The van der Waals surface area contributed by atoms with Crippen molar-refractivity contribution in [1.82, 2.24) is 14.7 Å². The molecular formula is C22H23FN4O2. The number of ether oxygens (including phenoxy) is 1. The van der Waals surface area contributed by atoms with E-state index in [1.165, 1.54) is 12.1 Å². The van der Waals surface area contributed by atoms with Crippen LogP contribution in [0.3, 0.4) is 0 Å². The van der Waals surface area contributed by atoms with Gasteiger partial charge in [0.1, 0.15) is 11.6 Å². The van der Waals surface area contributed by atoms with E-state index in [0.29, 0.717) is 31.9 Å². The normalized spacial score (nSPS) is 14.2. The van der Waals surface area contributed by atoms with Crippen molar-refractivity contribution in [3.8, 4) is 11.4 Å². The number of nitrogens with zero attached hydrogens (tertiary/aromatic N) is 4. The van der Waals surface area contributed by atoms with E-state index in [4.69, 9.17) is 4.74 Å². The van der Waals surface area contributed by atoms with Crippen LogP contribution in [0, 0.1) is 12.7 Å². The number of aromatic nitrogens is 2. The van der Waals surface area contributed by atoms with E-state index < -0.39 is 0 Å². The van der Waals surface area contributed by atoms with E-state index in [2.05, 4.69) is 10.00 Å². The van der Waals surface area contributed by atoms with Crippen LogP contribution in [0.1, 0.15) is 16.2 Å². The quantitative estimate of drug-likeness (QED) is 0.681. The average Bonchev–Trinajstić information content (AvgIpc) is 3.15. The second-order valence-corrected chi connectivity index (χ2v) is 7.04. The van der Waals surface area contributed by atoms with Crippen LogP contribution >= 0.6 is 0 Å². The van der Waals surface area contributed by atoms with Gasteiger partial charge < -0.3 is 14.5 Å². The average molecular weight is 394 g/mol. The number of halogens is 1. The fourth-order valence-electron chi connectivity index (χ4n) is 3.55. The molecule has 29 heavy (non-hydrogen) atoms. The Bertz CT molecular complexity index is 991. The summed E-state index contributed by atoms with van der Waals surface area (Å²) in [7, 11) is 1.63. The van der Waals surface area contributed by atoms with Gasteiger partial charge in [0.05, 0.1) is 12.8 Å². The number of anilines is 1. The molecule has 0 aliphatic carbocycles. The number of methoxy groups -OCH3 is 1. The van der Waals surface area contributed by atoms with Gasteiger partial charge in [0.25, 0.3) is 5.91 Å². The lowest BCUT2D eigenvalue weighted by molar-refractivity contribution is 0.0740. The zero-order chi connectivity index (χ0) is 20.4. The van der Waals surface area contributed by atoms with E-state index >= 15 is 0 Å². The molecule has 1 fully saturated rings. The molecule has 0 radical (unpaired) electrons. The Kier molecular flexibility index (Phi) is 5.20. The summed E-state index contributed by atoms with van der Waals surface area (Å²) in [5.74, 6) is 0.457. The van der Waals surface area contributed by atoms with Gasteiger partial charge in [-0.15, -0.1) is 0 Å². The van der Waals surface area contributed by atoms with Crippen molar-refractivity contribution < 1.29 is 13.9 Å². The Hall–Kier alpha value is -3.35. The number of carbonyl (C=O) groups excluding carboxylic acids is 1. The first-order chi connectivity index (χ1) is 14.0. The van der Waals surface area contributed by atoms with Crippen LogP contribution in [-0.2, 0) is 0 Å². The van der Waals surface area contributed by atoms with Crippen molar-refractivity contribution in [1.29, 1.82) is 0 Å². The molecule has 0 atom stereocenters. The third kappa shape index (κ3) is 3.94. The summed E-state index contributed by atoms with van der Waals surface area (Å²) < 4.78 is 20.1. The van der Waals surface area contributed by atoms with Gasteiger partial charge in [0.2, 0.25) is 0 Å². The molecule has 0 spiro atoms. The minimum atomic E-state index is -0.245. The van der Waals surface area contributed by atoms with E-state index in [1.807, 2.05) is 42.2 Å². The van der Waals surface area contributed by atoms with Gasteiger partial charge in [-0.05, 0) is 61.5 Å². The summed E-state index contributed by atoms with van der Waals surface area (Å²) in [5.41, 5.74) is 3.18. The fourth-order valence-corrected chi connectivity index (χ4v) is 3.55. The Morgan fingerprint density at radius 2 is 1.59 bits per heavy atom. The van der Waals surface area contributed by atoms with Crippen LogP contribution in [0.15, 0.2) is 54.6 Å². The van der Waals surface area contributed by atoms with Crippen molar-refractivity contribution in [3.63, 3.8) is 0 Å². The highest BCUT2D eigenvalue weighted by Crippen LogP contribution is 2.20. The number of carbonyl (C=O) groups is 1. The lowest BCUT2D eigenvalue weighted by Gasteiger charge is -2.35. The molecule has 0 saturated carbocycles. The molecule has 2 heterocycles. The number of hydrogen-bond donors (Lipinski definition) is 0. The molecule has 2 aromatic carbocycles. The molecule has 0 N–H and O–H groups in total. The van der Waals surface area contributed by atoms with Crippen LogP contribution in [0.25, 0.3) is 5.69 Å². The number of aryl methyl sites for hydroxylation is 1. The molecule has 150 valence electrons. The highest BCUT2D eigenvalue weighted by atomic mass is 19.1. The van der Waals surface area contributed by atoms with Gasteiger partial charge in [0, 0.05) is 37.6 Å². The van der Waals surface area contributed by atoms with E-state index in [9.17, 15) is 9.18 Å². The van der Waals surface area contributed by atoms with Crippen molar-refractivity contribution in [2.75, 3.05) is 38.2 Å². The Labute approximate surface area is 169 Å². The van der Waals surface area contributed by atoms with E-state index in [1.54, 1.807) is 23.9 Å². The number of rotatable bonds is 4. The zero-order valence-corrected chi connectivity index (χ0v) is 16.5. The van der Waals surface area contributed by atoms with Crippen molar-refractivity contribution in [3.05, 3.63) is 71.8 Å². The third-order valence-corrected chi connectivity index (χ3v) is 5.18. The number of benzene rings is 2. The van der Waals surface area contributed by atoms with Gasteiger partial charge in [-0.2, -0.15) is 5.10 Å². The topological polar surface area (TPSA) is 50.6 Å². The van der Waals surface area contributed by atoms with Gasteiger partial charge in [0.15, 0.2) is 5.69 Å². The van der Waals surface area contributed by atoms with Crippen LogP contribution in [0.2, 0.25) is 0 Å². The largest absolute Gasteiger partial charge is 0.497 e. The zero-order valence-electron chi connectivity index (χ0n) is 16.5. The highest BCUT2D eigenvalue weighted by Gasteiger charge is 2.24. The maximum absolute atomic E-state index is 13.1. The molecule has 1 saturated heterocycles. The number of amides is 1. The second-order valence-electron chi connectivity index (χ2n) is 7.04. The smallest absolute Gasteiger partial charge is 0.274 e. The molecule has 1 amide bonds. The molecule has 6 nitrogen and oxygen atoms in total. The lowest BCUT2D eigenvalue weighted by atomic mass is 10.2. The third-order valence-electron chi connectivity index (χ3n) is 5.18. The van der Waals surface area contributed by atoms with E-state index in [-0.39, 0.29) is 11.7 Å². The standard InChI is InChI=1S/C22H23FN4O2/c1-16-15-21(24-27(16)19-7-9-20(29-2)10-8-19)22(28)26-13-11-25(12-14-26)18-5-3-17(23)4-6-18/h3-10,15H,11-14H2,1-2H3. The maximum Gasteiger partial charge on any atom is 0.274 e. The first-order valence-electron chi connectivity index (χ1n) is 9.56. The Morgan fingerprint density at radius 1 is 0.966 bits per heavy atom. The van der Waals surface area contributed by atoms with E-state index in [0.717, 1.165) is 22.8 Å². The summed E-state index contributed by atoms with van der Waals surface area (Å²) in [6, 6.07) is 15.8. The van der Waals surface area contributed by atoms with Crippen LogP contribution in [0.5, 0.6) is 5.75 Å². The summed E-state index contributed by atoms with van der Waals surface area (Å²) >= 11 is 0. The molecule has 0 unspecified atom stereocenters. The lowest BCUT2D eigenvalue weighted by Crippen LogP contribution is -2.48. The summed E-state index contributed by atoms with van der Waals surface area (Å²) in [6.07, 6.45) is 0. The Morgan fingerprint density at radius 3 is 2.21 bits per heavy atom. The van der Waals surface area contributed by atoms with Crippen LogP contribution in [-0.4, -0.2) is 53.9 Å². The van der Waals surface area contributed by atoms with Crippen molar-refractivity contribution in [2.24, 2.45) is 0 Å². The highest BCUT2D eigenvalue weighted by molar-refractivity contribution is 5.92. The summed E-state index contributed by atoms with van der Waals surface area (Å²) in [6.45, 7) is 4.54. The van der Waals surface area contributed by atoms with Gasteiger partial charge in [-0.25, -0.2) is 9.07 Å². The molecule has 1 aromatic heterocycles. The summed E-state index contributed by atoms with van der Waals surface area (Å²) in [5, 5.41) is 4.53. The molecular weight excluding hydrogens is 371 g/mol. The molecule has 4 rings (SSSR count). The first kappa shape index (κ1) is 19.0. The molecule has 1 aliphatic heterocycles. The minimum Gasteiger partial charge on any atom is -0.497 e. The van der Waals surface area contributed by atoms with Crippen molar-refractivity contribution in [2.45, 2.75) is 6.92 Å². The fraction of sp³-hybridized carbons (Fsp3) is 0.273. The van der Waals surface area contributed by atoms with Crippen LogP contribution in [0.4, 0.5) is 10.1 Å². The Balaban J connectivity index is 1.44. The molecule has 7 heteroatoms. The minimum absolute atomic E-state index is 0.0703. The number of hydrogen-bond acceptors (Lipinski definition) is 4. The SMILES string of the molecule is COc1ccc(-n2nc(C(=O)N3CCN(c4ccc(F)cc4)CC3)cc2C)cc1. The molecule has 3 aromatic rings. The van der Waals surface area contributed by atoms with Crippen molar-refractivity contribution >= 4 is 11.6 Å². The van der Waals surface area contributed by atoms with Gasteiger partial charge >= 0.3 is 0 Å². The predicted molar refractivity (Wildman–Crippen MR) is 109 cm³/mol. The monoisotopic (exact) mass is 394 g/mol. The maximum atomic E-state index is 13.1. The van der Waals surface area contributed by atoms with Crippen LogP contribution < -0.4 is 9.64 Å². The molecule has 1 aliphatic rings. The number of piperazine rings is 1.